The second-order valence-corrected chi connectivity index (χ2v) is 4.18. The summed E-state index contributed by atoms with van der Waals surface area (Å²) in [5.74, 6) is 1.23. The maximum absolute atomic E-state index is 11.7. The van der Waals surface area contributed by atoms with Gasteiger partial charge in [-0.1, -0.05) is 30.3 Å². The zero-order chi connectivity index (χ0) is 13.8. The molecule has 3 rings (SSSR count). The number of ether oxygens (including phenoxy) is 3. The topological polar surface area (TPSA) is 44.8 Å². The second kappa shape index (κ2) is 5.48. The number of carbonyl (C=O) groups excluding carboxylic acids is 1. The molecule has 0 saturated heterocycles. The van der Waals surface area contributed by atoms with Crippen LogP contribution in [0, 0.1) is 0 Å². The summed E-state index contributed by atoms with van der Waals surface area (Å²) in [4.78, 5) is 11.7. The van der Waals surface area contributed by atoms with E-state index in [0.29, 0.717) is 17.2 Å². The highest BCUT2D eigenvalue weighted by molar-refractivity contribution is 5.88. The lowest BCUT2D eigenvalue weighted by Gasteiger charge is -2.02. The molecule has 0 unspecified atom stereocenters. The van der Waals surface area contributed by atoms with E-state index >= 15 is 0 Å². The quantitative estimate of drug-likeness (QED) is 0.487. The van der Waals surface area contributed by atoms with Crippen LogP contribution in [0.5, 0.6) is 17.2 Å². The summed E-state index contributed by atoms with van der Waals surface area (Å²) in [5.41, 5.74) is 0.940. The van der Waals surface area contributed by atoms with Crippen molar-refractivity contribution in [1.82, 2.24) is 0 Å². The molecule has 0 radical (unpaired) electrons. The predicted octanol–water partition coefficient (Wildman–Crippen LogP) is 3.03. The summed E-state index contributed by atoms with van der Waals surface area (Å²) in [7, 11) is 0. The number of carbonyl (C=O) groups is 1. The molecule has 0 aromatic heterocycles. The van der Waals surface area contributed by atoms with Crippen molar-refractivity contribution in [3.05, 3.63) is 60.2 Å². The van der Waals surface area contributed by atoms with E-state index in [9.17, 15) is 4.79 Å². The molecule has 0 spiro atoms. The number of esters is 1. The van der Waals surface area contributed by atoms with Gasteiger partial charge in [0.2, 0.25) is 6.79 Å². The molecule has 2 aromatic rings. The number of hydrogen-bond acceptors (Lipinski definition) is 4. The minimum Gasteiger partial charge on any atom is -0.454 e. The van der Waals surface area contributed by atoms with Crippen molar-refractivity contribution in [1.29, 1.82) is 0 Å². The van der Waals surface area contributed by atoms with Gasteiger partial charge in [-0.25, -0.2) is 4.79 Å². The molecule has 20 heavy (non-hydrogen) atoms. The van der Waals surface area contributed by atoms with Crippen LogP contribution in [0.3, 0.4) is 0 Å². The van der Waals surface area contributed by atoms with Gasteiger partial charge in [-0.2, -0.15) is 0 Å². The highest BCUT2D eigenvalue weighted by Gasteiger charge is 2.14. The third kappa shape index (κ3) is 2.80. The standard InChI is InChI=1S/C16H12O4/c17-16(9-6-12-4-2-1-3-5-12)20-13-7-8-14-15(10-13)19-11-18-14/h1-10H,11H2/b9-6-. The van der Waals surface area contributed by atoms with Crippen molar-refractivity contribution in [2.24, 2.45) is 0 Å². The lowest BCUT2D eigenvalue weighted by atomic mass is 10.2. The number of rotatable bonds is 3. The Bertz CT molecular complexity index is 647. The zero-order valence-corrected chi connectivity index (χ0v) is 10.6. The highest BCUT2D eigenvalue weighted by atomic mass is 16.7. The largest absolute Gasteiger partial charge is 0.454 e. The summed E-state index contributed by atoms with van der Waals surface area (Å²) < 4.78 is 15.6. The SMILES string of the molecule is O=C(/C=C\c1ccccc1)Oc1ccc2c(c1)OCO2. The minimum atomic E-state index is -0.437. The first-order valence-corrected chi connectivity index (χ1v) is 6.16. The van der Waals surface area contributed by atoms with Crippen molar-refractivity contribution in [2.75, 3.05) is 6.79 Å². The highest BCUT2D eigenvalue weighted by Crippen LogP contribution is 2.35. The normalized spacial score (nSPS) is 12.6. The summed E-state index contributed by atoms with van der Waals surface area (Å²) in [6.07, 6.45) is 3.09. The lowest BCUT2D eigenvalue weighted by Crippen LogP contribution is -2.03. The smallest absolute Gasteiger partial charge is 0.336 e. The van der Waals surface area contributed by atoms with Gasteiger partial charge in [-0.3, -0.25) is 0 Å². The summed E-state index contributed by atoms with van der Waals surface area (Å²) >= 11 is 0. The fourth-order valence-corrected chi connectivity index (χ4v) is 1.82. The van der Waals surface area contributed by atoms with Crippen LogP contribution in [0.25, 0.3) is 6.08 Å². The minimum absolute atomic E-state index is 0.195. The molecule has 0 N–H and O–H groups in total. The Morgan fingerprint density at radius 3 is 2.70 bits per heavy atom. The number of benzene rings is 2. The van der Waals surface area contributed by atoms with E-state index in [1.807, 2.05) is 30.3 Å². The molecule has 0 bridgehead atoms. The number of hydrogen-bond donors (Lipinski definition) is 0. The van der Waals surface area contributed by atoms with Crippen molar-refractivity contribution < 1.29 is 19.0 Å². The molecule has 0 aliphatic carbocycles. The fourth-order valence-electron chi connectivity index (χ4n) is 1.82. The summed E-state index contributed by atoms with van der Waals surface area (Å²) in [6, 6.07) is 14.6. The van der Waals surface area contributed by atoms with E-state index in [1.165, 1.54) is 6.08 Å². The third-order valence-electron chi connectivity index (χ3n) is 2.77. The van der Waals surface area contributed by atoms with Gasteiger partial charge in [0, 0.05) is 12.1 Å². The monoisotopic (exact) mass is 268 g/mol. The Morgan fingerprint density at radius 2 is 1.85 bits per heavy atom. The van der Waals surface area contributed by atoms with Gasteiger partial charge in [-0.15, -0.1) is 0 Å². The van der Waals surface area contributed by atoms with Gasteiger partial charge in [-0.05, 0) is 23.8 Å². The Morgan fingerprint density at radius 1 is 1.05 bits per heavy atom. The van der Waals surface area contributed by atoms with E-state index in [0.717, 1.165) is 5.56 Å². The van der Waals surface area contributed by atoms with Gasteiger partial charge in [0.1, 0.15) is 5.75 Å². The first kappa shape index (κ1) is 12.3. The van der Waals surface area contributed by atoms with Crippen LogP contribution in [-0.4, -0.2) is 12.8 Å². The van der Waals surface area contributed by atoms with Crippen LogP contribution in [0.4, 0.5) is 0 Å². The zero-order valence-electron chi connectivity index (χ0n) is 10.6. The third-order valence-corrected chi connectivity index (χ3v) is 2.77. The Labute approximate surface area is 116 Å². The summed E-state index contributed by atoms with van der Waals surface area (Å²) in [6.45, 7) is 0.195. The predicted molar refractivity (Wildman–Crippen MR) is 73.7 cm³/mol. The molecule has 1 aliphatic rings. The van der Waals surface area contributed by atoms with E-state index in [1.54, 1.807) is 24.3 Å². The molecular weight excluding hydrogens is 256 g/mol. The van der Waals surface area contributed by atoms with E-state index in [4.69, 9.17) is 14.2 Å². The molecule has 1 aliphatic heterocycles. The van der Waals surface area contributed by atoms with Crippen LogP contribution in [0.2, 0.25) is 0 Å². The van der Waals surface area contributed by atoms with Gasteiger partial charge in [0.05, 0.1) is 0 Å². The molecule has 0 saturated carbocycles. The van der Waals surface area contributed by atoms with E-state index in [2.05, 4.69) is 0 Å². The first-order valence-electron chi connectivity index (χ1n) is 6.16. The van der Waals surface area contributed by atoms with Crippen LogP contribution >= 0.6 is 0 Å². The molecular formula is C16H12O4. The molecule has 4 heteroatoms. The fraction of sp³-hybridized carbons (Fsp3) is 0.0625. The van der Waals surface area contributed by atoms with Gasteiger partial charge >= 0.3 is 5.97 Å². The average Bonchev–Trinajstić information content (AvgIpc) is 2.94. The van der Waals surface area contributed by atoms with E-state index < -0.39 is 5.97 Å². The van der Waals surface area contributed by atoms with Crippen LogP contribution in [0.15, 0.2) is 54.6 Å². The molecule has 100 valence electrons. The Hall–Kier alpha value is -2.75. The van der Waals surface area contributed by atoms with Gasteiger partial charge in [0.15, 0.2) is 11.5 Å². The Kier molecular flexibility index (Phi) is 3.37. The average molecular weight is 268 g/mol. The first-order chi connectivity index (χ1) is 9.81. The lowest BCUT2D eigenvalue weighted by molar-refractivity contribution is -0.128. The molecule has 0 fully saturated rings. The second-order valence-electron chi connectivity index (χ2n) is 4.18. The van der Waals surface area contributed by atoms with Crippen molar-refractivity contribution in [3.8, 4) is 17.2 Å². The van der Waals surface area contributed by atoms with Crippen molar-refractivity contribution in [2.45, 2.75) is 0 Å². The molecule has 4 nitrogen and oxygen atoms in total. The molecule has 0 amide bonds. The molecule has 0 atom stereocenters. The van der Waals surface area contributed by atoms with Crippen LogP contribution < -0.4 is 14.2 Å². The molecule has 2 aromatic carbocycles. The summed E-state index contributed by atoms with van der Waals surface area (Å²) in [5, 5.41) is 0. The van der Waals surface area contributed by atoms with Crippen molar-refractivity contribution in [3.63, 3.8) is 0 Å². The molecule has 1 heterocycles. The van der Waals surface area contributed by atoms with Gasteiger partial charge in [0.25, 0.3) is 0 Å². The van der Waals surface area contributed by atoms with Crippen LogP contribution in [0.1, 0.15) is 5.56 Å². The number of fused-ring (bicyclic) bond motifs is 1. The van der Waals surface area contributed by atoms with E-state index in [-0.39, 0.29) is 6.79 Å². The van der Waals surface area contributed by atoms with Crippen molar-refractivity contribution >= 4 is 12.0 Å². The maximum atomic E-state index is 11.7. The Balaban J connectivity index is 1.66. The van der Waals surface area contributed by atoms with Gasteiger partial charge < -0.3 is 14.2 Å². The van der Waals surface area contributed by atoms with Crippen LogP contribution in [-0.2, 0) is 4.79 Å². The maximum Gasteiger partial charge on any atom is 0.336 e.